The number of aryl methyl sites for hydroxylation is 1. The van der Waals surface area contributed by atoms with E-state index in [0.717, 1.165) is 42.4 Å². The molecule has 4 heteroatoms. The fraction of sp³-hybridized carbons (Fsp3) is 0.667. The van der Waals surface area contributed by atoms with Crippen LogP contribution in [0.3, 0.4) is 0 Å². The predicted octanol–water partition coefficient (Wildman–Crippen LogP) is 1.92. The van der Waals surface area contributed by atoms with Crippen molar-refractivity contribution in [3.05, 3.63) is 11.9 Å². The Kier molecular flexibility index (Phi) is 2.99. The SMILES string of the molecule is CNc1cc(N2CC(C)C(C)C2)nc(C)n1. The standard InChI is InChI=1S/C12H20N4/c1-8-6-16(7-9(8)2)12-5-11(13-4)14-10(3)15-12/h5,8-9H,6-7H2,1-4H3,(H,13,14,15). The summed E-state index contributed by atoms with van der Waals surface area (Å²) >= 11 is 0. The van der Waals surface area contributed by atoms with E-state index < -0.39 is 0 Å². The number of anilines is 2. The maximum absolute atomic E-state index is 4.51. The van der Waals surface area contributed by atoms with Gasteiger partial charge in [0.2, 0.25) is 0 Å². The fourth-order valence-electron chi connectivity index (χ4n) is 2.16. The maximum atomic E-state index is 4.51. The molecule has 2 atom stereocenters. The lowest BCUT2D eigenvalue weighted by Crippen LogP contribution is -2.21. The van der Waals surface area contributed by atoms with E-state index in [-0.39, 0.29) is 0 Å². The van der Waals surface area contributed by atoms with Crippen LogP contribution in [0, 0.1) is 18.8 Å². The number of hydrogen-bond donors (Lipinski definition) is 1. The molecule has 0 amide bonds. The van der Waals surface area contributed by atoms with Crippen LogP contribution in [-0.4, -0.2) is 30.1 Å². The third-order valence-corrected chi connectivity index (χ3v) is 3.39. The Bertz CT molecular complexity index is 367. The second-order valence-electron chi connectivity index (χ2n) is 4.77. The molecular formula is C12H20N4. The van der Waals surface area contributed by atoms with Gasteiger partial charge in [0.05, 0.1) is 0 Å². The van der Waals surface area contributed by atoms with Gasteiger partial charge in [-0.3, -0.25) is 0 Å². The van der Waals surface area contributed by atoms with E-state index in [1.807, 2.05) is 20.0 Å². The van der Waals surface area contributed by atoms with Crippen molar-refractivity contribution in [2.45, 2.75) is 20.8 Å². The van der Waals surface area contributed by atoms with Gasteiger partial charge in [-0.05, 0) is 18.8 Å². The largest absolute Gasteiger partial charge is 0.373 e. The molecule has 2 unspecified atom stereocenters. The topological polar surface area (TPSA) is 41.0 Å². The van der Waals surface area contributed by atoms with Gasteiger partial charge in [-0.25, -0.2) is 9.97 Å². The summed E-state index contributed by atoms with van der Waals surface area (Å²) in [7, 11) is 1.89. The average molecular weight is 220 g/mol. The average Bonchev–Trinajstić information content (AvgIpc) is 2.58. The summed E-state index contributed by atoms with van der Waals surface area (Å²) < 4.78 is 0. The summed E-state index contributed by atoms with van der Waals surface area (Å²) in [5.74, 6) is 4.26. The number of nitrogens with zero attached hydrogens (tertiary/aromatic N) is 3. The smallest absolute Gasteiger partial charge is 0.134 e. The van der Waals surface area contributed by atoms with E-state index >= 15 is 0 Å². The molecule has 2 heterocycles. The highest BCUT2D eigenvalue weighted by atomic mass is 15.2. The number of aromatic nitrogens is 2. The molecule has 0 aromatic carbocycles. The van der Waals surface area contributed by atoms with E-state index in [1.54, 1.807) is 0 Å². The molecule has 1 aliphatic heterocycles. The molecular weight excluding hydrogens is 200 g/mol. The molecule has 0 bridgehead atoms. The Morgan fingerprint density at radius 2 is 1.88 bits per heavy atom. The predicted molar refractivity (Wildman–Crippen MR) is 66.9 cm³/mol. The number of rotatable bonds is 2. The van der Waals surface area contributed by atoms with Crippen LogP contribution in [-0.2, 0) is 0 Å². The first kappa shape index (κ1) is 11.2. The third-order valence-electron chi connectivity index (χ3n) is 3.39. The zero-order valence-electron chi connectivity index (χ0n) is 10.5. The maximum Gasteiger partial charge on any atom is 0.134 e. The molecule has 0 saturated carbocycles. The van der Waals surface area contributed by atoms with Gasteiger partial charge in [-0.2, -0.15) is 0 Å². The quantitative estimate of drug-likeness (QED) is 0.826. The summed E-state index contributed by atoms with van der Waals surface area (Å²) in [5.41, 5.74) is 0. The van der Waals surface area contributed by atoms with Gasteiger partial charge >= 0.3 is 0 Å². The monoisotopic (exact) mass is 220 g/mol. The van der Waals surface area contributed by atoms with Crippen molar-refractivity contribution in [2.24, 2.45) is 11.8 Å². The van der Waals surface area contributed by atoms with Crippen LogP contribution in [0.5, 0.6) is 0 Å². The zero-order chi connectivity index (χ0) is 11.7. The van der Waals surface area contributed by atoms with Crippen LogP contribution in [0.15, 0.2) is 6.07 Å². The summed E-state index contributed by atoms with van der Waals surface area (Å²) in [6, 6.07) is 2.03. The van der Waals surface area contributed by atoms with Crippen LogP contribution in [0.25, 0.3) is 0 Å². The highest BCUT2D eigenvalue weighted by molar-refractivity contribution is 5.49. The van der Waals surface area contributed by atoms with Gasteiger partial charge in [0.25, 0.3) is 0 Å². The molecule has 1 N–H and O–H groups in total. The van der Waals surface area contributed by atoms with Crippen molar-refractivity contribution in [3.63, 3.8) is 0 Å². The molecule has 16 heavy (non-hydrogen) atoms. The zero-order valence-corrected chi connectivity index (χ0v) is 10.5. The van der Waals surface area contributed by atoms with Crippen molar-refractivity contribution in [2.75, 3.05) is 30.4 Å². The van der Waals surface area contributed by atoms with Gasteiger partial charge in [-0.15, -0.1) is 0 Å². The molecule has 1 aliphatic rings. The molecule has 1 fully saturated rings. The Hall–Kier alpha value is -1.32. The second kappa shape index (κ2) is 4.28. The van der Waals surface area contributed by atoms with Crippen molar-refractivity contribution in [1.29, 1.82) is 0 Å². The van der Waals surface area contributed by atoms with Gasteiger partial charge < -0.3 is 10.2 Å². The highest BCUT2D eigenvalue weighted by Gasteiger charge is 2.27. The summed E-state index contributed by atoms with van der Waals surface area (Å²) in [4.78, 5) is 11.2. The van der Waals surface area contributed by atoms with Crippen LogP contribution in [0.1, 0.15) is 19.7 Å². The molecule has 88 valence electrons. The first-order chi connectivity index (χ1) is 7.60. The van der Waals surface area contributed by atoms with E-state index in [2.05, 4.69) is 34.0 Å². The van der Waals surface area contributed by atoms with Crippen LogP contribution < -0.4 is 10.2 Å². The third kappa shape index (κ3) is 2.10. The first-order valence-electron chi connectivity index (χ1n) is 5.88. The Morgan fingerprint density at radius 3 is 2.44 bits per heavy atom. The lowest BCUT2D eigenvalue weighted by molar-refractivity contribution is 0.494. The van der Waals surface area contributed by atoms with Crippen LogP contribution in [0.2, 0.25) is 0 Å². The Morgan fingerprint density at radius 1 is 1.25 bits per heavy atom. The normalized spacial score (nSPS) is 24.9. The van der Waals surface area contributed by atoms with Gasteiger partial charge in [0.15, 0.2) is 0 Å². The van der Waals surface area contributed by atoms with Crippen LogP contribution in [0.4, 0.5) is 11.6 Å². The van der Waals surface area contributed by atoms with E-state index in [1.165, 1.54) is 0 Å². The summed E-state index contributed by atoms with van der Waals surface area (Å²) in [5, 5.41) is 3.08. The number of hydrogen-bond acceptors (Lipinski definition) is 4. The van der Waals surface area contributed by atoms with Gasteiger partial charge in [0, 0.05) is 26.2 Å². The van der Waals surface area contributed by atoms with Crippen molar-refractivity contribution >= 4 is 11.6 Å². The van der Waals surface area contributed by atoms with Crippen molar-refractivity contribution in [3.8, 4) is 0 Å². The Balaban J connectivity index is 2.24. The lowest BCUT2D eigenvalue weighted by atomic mass is 10.0. The van der Waals surface area contributed by atoms with E-state index in [4.69, 9.17) is 0 Å². The second-order valence-corrected chi connectivity index (χ2v) is 4.77. The molecule has 0 aliphatic carbocycles. The van der Waals surface area contributed by atoms with E-state index in [9.17, 15) is 0 Å². The molecule has 1 saturated heterocycles. The summed E-state index contributed by atoms with van der Waals surface area (Å²) in [6.07, 6.45) is 0. The van der Waals surface area contributed by atoms with Gasteiger partial charge in [0.1, 0.15) is 17.5 Å². The van der Waals surface area contributed by atoms with Crippen molar-refractivity contribution in [1.82, 2.24) is 9.97 Å². The number of nitrogens with one attached hydrogen (secondary N) is 1. The minimum absolute atomic E-state index is 0.744. The molecule has 0 radical (unpaired) electrons. The molecule has 2 rings (SSSR count). The molecule has 0 spiro atoms. The lowest BCUT2D eigenvalue weighted by Gasteiger charge is -2.18. The summed E-state index contributed by atoms with van der Waals surface area (Å²) in [6.45, 7) is 8.74. The first-order valence-corrected chi connectivity index (χ1v) is 5.88. The van der Waals surface area contributed by atoms with Crippen LogP contribution >= 0.6 is 0 Å². The van der Waals surface area contributed by atoms with E-state index in [0.29, 0.717) is 0 Å². The van der Waals surface area contributed by atoms with Crippen molar-refractivity contribution < 1.29 is 0 Å². The molecule has 4 nitrogen and oxygen atoms in total. The highest BCUT2D eigenvalue weighted by Crippen LogP contribution is 2.27. The van der Waals surface area contributed by atoms with Gasteiger partial charge in [-0.1, -0.05) is 13.8 Å². The minimum Gasteiger partial charge on any atom is -0.373 e. The fourth-order valence-corrected chi connectivity index (χ4v) is 2.16. The minimum atomic E-state index is 0.744. The molecule has 1 aromatic rings. The Labute approximate surface area is 97.1 Å². The molecule has 1 aromatic heterocycles.